The van der Waals surface area contributed by atoms with Crippen molar-refractivity contribution in [1.82, 2.24) is 10.3 Å². The Hall–Kier alpha value is -1.39. The van der Waals surface area contributed by atoms with Crippen LogP contribution in [0.15, 0.2) is 35.8 Å². The van der Waals surface area contributed by atoms with Crippen molar-refractivity contribution in [3.8, 4) is 16.3 Å². The summed E-state index contributed by atoms with van der Waals surface area (Å²) in [5.41, 5.74) is 0.953. The van der Waals surface area contributed by atoms with E-state index in [2.05, 4.69) is 21.7 Å². The molecule has 2 aromatic heterocycles. The molecule has 17 heavy (non-hydrogen) atoms. The van der Waals surface area contributed by atoms with Crippen LogP contribution >= 0.6 is 11.3 Å². The monoisotopic (exact) mass is 246 g/mol. The molecule has 0 bridgehead atoms. The topological polar surface area (TPSA) is 34.1 Å². The van der Waals surface area contributed by atoms with E-state index in [1.807, 2.05) is 24.4 Å². The predicted octanol–water partition coefficient (Wildman–Crippen LogP) is 2.55. The van der Waals surface area contributed by atoms with Crippen LogP contribution in [0, 0.1) is 0 Å². The molecule has 1 aliphatic heterocycles. The first-order chi connectivity index (χ1) is 8.43. The van der Waals surface area contributed by atoms with Crippen LogP contribution in [0.5, 0.6) is 5.75 Å². The quantitative estimate of drug-likeness (QED) is 0.903. The molecule has 1 aliphatic rings. The molecule has 3 nitrogen and oxygen atoms in total. The molecule has 0 radical (unpaired) electrons. The molecule has 1 N–H and O–H groups in total. The first-order valence-corrected chi connectivity index (χ1v) is 6.68. The number of nitrogens with one attached hydrogen (secondary N) is 1. The second kappa shape index (κ2) is 4.85. The van der Waals surface area contributed by atoms with Gasteiger partial charge in [0.2, 0.25) is 0 Å². The Labute approximate surface area is 104 Å². The summed E-state index contributed by atoms with van der Waals surface area (Å²) in [6.07, 6.45) is 3.16. The Bertz CT molecular complexity index is 478. The van der Waals surface area contributed by atoms with Gasteiger partial charge in [-0.1, -0.05) is 6.07 Å². The number of hydrogen-bond acceptors (Lipinski definition) is 4. The van der Waals surface area contributed by atoms with Crippen LogP contribution < -0.4 is 10.1 Å². The Morgan fingerprint density at radius 1 is 1.35 bits per heavy atom. The van der Waals surface area contributed by atoms with Crippen molar-refractivity contribution in [2.24, 2.45) is 0 Å². The molecule has 88 valence electrons. The highest BCUT2D eigenvalue weighted by Crippen LogP contribution is 2.31. The van der Waals surface area contributed by atoms with Crippen molar-refractivity contribution in [2.75, 3.05) is 13.1 Å². The van der Waals surface area contributed by atoms with Crippen molar-refractivity contribution in [2.45, 2.75) is 12.5 Å². The van der Waals surface area contributed by atoms with E-state index in [0.29, 0.717) is 0 Å². The summed E-state index contributed by atoms with van der Waals surface area (Å²) in [7, 11) is 0. The number of hydrogen-bond donors (Lipinski definition) is 1. The Balaban J connectivity index is 1.88. The maximum absolute atomic E-state index is 6.01. The van der Waals surface area contributed by atoms with Gasteiger partial charge in [0.15, 0.2) is 0 Å². The van der Waals surface area contributed by atoms with Crippen molar-refractivity contribution in [3.63, 3.8) is 0 Å². The molecule has 4 heteroatoms. The van der Waals surface area contributed by atoms with E-state index >= 15 is 0 Å². The fraction of sp³-hybridized carbons (Fsp3) is 0.308. The molecule has 0 unspecified atom stereocenters. The summed E-state index contributed by atoms with van der Waals surface area (Å²) in [4.78, 5) is 5.59. The molecule has 2 aromatic rings. The lowest BCUT2D eigenvalue weighted by Gasteiger charge is -2.14. The largest absolute Gasteiger partial charge is 0.487 e. The summed E-state index contributed by atoms with van der Waals surface area (Å²) in [5, 5.41) is 5.36. The molecule has 1 atom stereocenters. The second-order valence-electron chi connectivity index (χ2n) is 4.06. The highest BCUT2D eigenvalue weighted by Gasteiger charge is 2.18. The summed E-state index contributed by atoms with van der Waals surface area (Å²) < 4.78 is 6.01. The lowest BCUT2D eigenvalue weighted by atomic mass is 10.2. The van der Waals surface area contributed by atoms with E-state index in [0.717, 1.165) is 35.8 Å². The van der Waals surface area contributed by atoms with E-state index < -0.39 is 0 Å². The van der Waals surface area contributed by atoms with Crippen LogP contribution in [0.1, 0.15) is 6.42 Å². The smallest absolute Gasteiger partial charge is 0.146 e. The van der Waals surface area contributed by atoms with Crippen LogP contribution in [0.3, 0.4) is 0 Å². The minimum atomic E-state index is 0.276. The van der Waals surface area contributed by atoms with Gasteiger partial charge in [-0.05, 0) is 36.5 Å². The average molecular weight is 246 g/mol. The summed E-state index contributed by atoms with van der Waals surface area (Å²) in [5.74, 6) is 0.892. The van der Waals surface area contributed by atoms with E-state index in [1.54, 1.807) is 11.3 Å². The van der Waals surface area contributed by atoms with Gasteiger partial charge in [-0.2, -0.15) is 0 Å². The zero-order chi connectivity index (χ0) is 11.5. The zero-order valence-electron chi connectivity index (χ0n) is 9.43. The standard InChI is InChI=1S/C13H14N2OS/c1-3-11(16-10-5-7-14-9-10)13(15-6-1)12-4-2-8-17-12/h1-4,6,8,10,14H,5,7,9H2/t10-/m1/s1. The van der Waals surface area contributed by atoms with Crippen molar-refractivity contribution < 1.29 is 4.74 Å². The van der Waals surface area contributed by atoms with Crippen LogP contribution in [0.2, 0.25) is 0 Å². The number of aromatic nitrogens is 1. The second-order valence-corrected chi connectivity index (χ2v) is 5.01. The van der Waals surface area contributed by atoms with E-state index in [4.69, 9.17) is 4.74 Å². The first-order valence-electron chi connectivity index (χ1n) is 5.80. The van der Waals surface area contributed by atoms with Crippen LogP contribution in [0.4, 0.5) is 0 Å². The van der Waals surface area contributed by atoms with E-state index in [9.17, 15) is 0 Å². The van der Waals surface area contributed by atoms with Gasteiger partial charge in [-0.15, -0.1) is 11.3 Å². The predicted molar refractivity (Wildman–Crippen MR) is 69.5 cm³/mol. The fourth-order valence-corrected chi connectivity index (χ4v) is 2.72. The molecule has 0 amide bonds. The molecule has 1 fully saturated rings. The van der Waals surface area contributed by atoms with Crippen molar-refractivity contribution >= 4 is 11.3 Å². The van der Waals surface area contributed by atoms with Gasteiger partial charge in [0.05, 0.1) is 4.88 Å². The van der Waals surface area contributed by atoms with E-state index in [-0.39, 0.29) is 6.10 Å². The Morgan fingerprint density at radius 2 is 2.35 bits per heavy atom. The molecular weight excluding hydrogens is 232 g/mol. The van der Waals surface area contributed by atoms with Crippen molar-refractivity contribution in [3.05, 3.63) is 35.8 Å². The lowest BCUT2D eigenvalue weighted by Crippen LogP contribution is -2.19. The van der Waals surface area contributed by atoms with Gasteiger partial charge in [-0.25, -0.2) is 0 Å². The minimum Gasteiger partial charge on any atom is -0.487 e. The number of nitrogens with zero attached hydrogens (tertiary/aromatic N) is 1. The van der Waals surface area contributed by atoms with Gasteiger partial charge in [0.25, 0.3) is 0 Å². The third kappa shape index (κ3) is 2.33. The SMILES string of the molecule is c1csc(-c2ncccc2O[C@@H]2CCNC2)c1. The average Bonchev–Trinajstić information content (AvgIpc) is 3.01. The molecule has 0 spiro atoms. The molecule has 0 saturated carbocycles. The number of rotatable bonds is 3. The van der Waals surface area contributed by atoms with Gasteiger partial charge >= 0.3 is 0 Å². The van der Waals surface area contributed by atoms with Gasteiger partial charge in [0, 0.05) is 12.7 Å². The fourth-order valence-electron chi connectivity index (χ4n) is 1.99. The number of thiophene rings is 1. The number of ether oxygens (including phenoxy) is 1. The van der Waals surface area contributed by atoms with E-state index in [1.165, 1.54) is 0 Å². The summed E-state index contributed by atoms with van der Waals surface area (Å²) >= 11 is 1.69. The van der Waals surface area contributed by atoms with Crippen LogP contribution in [-0.2, 0) is 0 Å². The molecule has 1 saturated heterocycles. The molecular formula is C13H14N2OS. The lowest BCUT2D eigenvalue weighted by molar-refractivity contribution is 0.223. The molecule has 0 aliphatic carbocycles. The minimum absolute atomic E-state index is 0.276. The number of pyridine rings is 1. The maximum atomic E-state index is 6.01. The van der Waals surface area contributed by atoms with Crippen LogP contribution in [-0.4, -0.2) is 24.2 Å². The van der Waals surface area contributed by atoms with Crippen molar-refractivity contribution in [1.29, 1.82) is 0 Å². The molecule has 3 heterocycles. The highest BCUT2D eigenvalue weighted by atomic mass is 32.1. The highest BCUT2D eigenvalue weighted by molar-refractivity contribution is 7.13. The molecule has 3 rings (SSSR count). The summed E-state index contributed by atoms with van der Waals surface area (Å²) in [6.45, 7) is 1.97. The maximum Gasteiger partial charge on any atom is 0.146 e. The van der Waals surface area contributed by atoms with Crippen LogP contribution in [0.25, 0.3) is 10.6 Å². The third-order valence-electron chi connectivity index (χ3n) is 2.83. The van der Waals surface area contributed by atoms with Gasteiger partial charge < -0.3 is 10.1 Å². The normalized spacial score (nSPS) is 19.4. The third-order valence-corrected chi connectivity index (χ3v) is 3.71. The first kappa shape index (κ1) is 10.7. The Kier molecular flexibility index (Phi) is 3.07. The van der Waals surface area contributed by atoms with Gasteiger partial charge in [-0.3, -0.25) is 4.98 Å². The van der Waals surface area contributed by atoms with Gasteiger partial charge in [0.1, 0.15) is 17.5 Å². The Morgan fingerprint density at radius 3 is 3.12 bits per heavy atom. The molecule has 0 aromatic carbocycles. The zero-order valence-corrected chi connectivity index (χ0v) is 10.2. The summed E-state index contributed by atoms with van der Waals surface area (Å²) in [6, 6.07) is 8.04.